The lowest BCUT2D eigenvalue weighted by Crippen LogP contribution is -2.52. The van der Waals surface area contributed by atoms with Gasteiger partial charge in [-0.25, -0.2) is 44.7 Å². The second-order valence-electron chi connectivity index (χ2n) is 9.71. The third-order valence-electron chi connectivity index (χ3n) is 7.50. The number of halogens is 8. The van der Waals surface area contributed by atoms with E-state index in [0.717, 1.165) is 0 Å². The van der Waals surface area contributed by atoms with Gasteiger partial charge in [0.2, 0.25) is 0 Å². The summed E-state index contributed by atoms with van der Waals surface area (Å²) in [6, 6.07) is -1.22. The standard InChI is InChI=1S/C21H30F8N2O4/c22-15(23)20(26,27)9-19(10-21(28,29)16(24)25,11-1-5-13(6-2-11)30-17(32)33)12-3-7-14(8-4-12)31-18(34)35/h11-16,30-31H,1-10H2,(H,32,33)(H,34,35). The van der Waals surface area contributed by atoms with Crippen molar-refractivity contribution < 1.29 is 54.9 Å². The van der Waals surface area contributed by atoms with Crippen LogP contribution in [-0.4, -0.2) is 59.2 Å². The summed E-state index contributed by atoms with van der Waals surface area (Å²) in [7, 11) is 0. The van der Waals surface area contributed by atoms with Crippen LogP contribution >= 0.6 is 0 Å². The van der Waals surface area contributed by atoms with Gasteiger partial charge in [-0.05, 0) is 68.6 Å². The van der Waals surface area contributed by atoms with Crippen molar-refractivity contribution in [3.8, 4) is 0 Å². The van der Waals surface area contributed by atoms with Crippen molar-refractivity contribution in [2.24, 2.45) is 17.3 Å². The first-order valence-electron chi connectivity index (χ1n) is 11.4. The monoisotopic (exact) mass is 526 g/mol. The molecule has 6 nitrogen and oxygen atoms in total. The van der Waals surface area contributed by atoms with Crippen LogP contribution in [-0.2, 0) is 0 Å². The molecule has 0 unspecified atom stereocenters. The minimum atomic E-state index is -4.72. The van der Waals surface area contributed by atoms with Crippen LogP contribution in [0.5, 0.6) is 0 Å². The third-order valence-corrected chi connectivity index (χ3v) is 7.50. The maximum Gasteiger partial charge on any atom is 0.404 e. The fraction of sp³-hybridized carbons (Fsp3) is 0.905. The molecule has 2 amide bonds. The first-order valence-corrected chi connectivity index (χ1v) is 11.4. The fourth-order valence-electron chi connectivity index (χ4n) is 5.98. The Balaban J connectivity index is 2.45. The number of hydrogen-bond donors (Lipinski definition) is 4. The molecule has 0 bridgehead atoms. The van der Waals surface area contributed by atoms with Crippen molar-refractivity contribution in [1.82, 2.24) is 10.6 Å². The van der Waals surface area contributed by atoms with Gasteiger partial charge < -0.3 is 20.8 Å². The number of alkyl halides is 8. The van der Waals surface area contributed by atoms with Gasteiger partial charge in [0, 0.05) is 24.9 Å². The maximum atomic E-state index is 14.5. The summed E-state index contributed by atoms with van der Waals surface area (Å²) in [5.74, 6) is -11.6. The number of rotatable bonds is 10. The molecule has 0 aromatic carbocycles. The molecule has 0 aromatic rings. The van der Waals surface area contributed by atoms with Gasteiger partial charge in [0.05, 0.1) is 0 Å². The Morgan fingerprint density at radius 3 is 1.17 bits per heavy atom. The summed E-state index contributed by atoms with van der Waals surface area (Å²) in [6.45, 7) is 0. The molecule has 2 aliphatic rings. The zero-order valence-corrected chi connectivity index (χ0v) is 18.8. The average Bonchev–Trinajstić information content (AvgIpc) is 2.72. The molecule has 2 aliphatic carbocycles. The van der Waals surface area contributed by atoms with Gasteiger partial charge in [0.25, 0.3) is 0 Å². The summed E-state index contributed by atoms with van der Waals surface area (Å²) in [5.41, 5.74) is -2.29. The van der Waals surface area contributed by atoms with Gasteiger partial charge in [-0.15, -0.1) is 0 Å². The van der Waals surface area contributed by atoms with Gasteiger partial charge >= 0.3 is 36.9 Å². The molecule has 0 radical (unpaired) electrons. The Bertz CT molecular complexity index is 664. The molecule has 2 fully saturated rings. The van der Waals surface area contributed by atoms with Crippen LogP contribution in [0.25, 0.3) is 0 Å². The van der Waals surface area contributed by atoms with Crippen LogP contribution in [0.15, 0.2) is 0 Å². The lowest BCUT2D eigenvalue weighted by Gasteiger charge is -2.53. The number of carboxylic acid groups (broad SMARTS) is 2. The van der Waals surface area contributed by atoms with Gasteiger partial charge in [0.1, 0.15) is 0 Å². The van der Waals surface area contributed by atoms with Crippen molar-refractivity contribution in [2.75, 3.05) is 0 Å². The molecule has 0 spiro atoms. The van der Waals surface area contributed by atoms with Crippen molar-refractivity contribution >= 4 is 12.2 Å². The molecule has 2 rings (SSSR count). The second-order valence-corrected chi connectivity index (χ2v) is 9.71. The molecule has 0 aliphatic heterocycles. The number of amides is 2. The predicted molar refractivity (Wildman–Crippen MR) is 107 cm³/mol. The van der Waals surface area contributed by atoms with E-state index in [1.807, 2.05) is 0 Å². The van der Waals surface area contributed by atoms with Crippen LogP contribution in [0, 0.1) is 17.3 Å². The van der Waals surface area contributed by atoms with Gasteiger partial charge in [-0.3, -0.25) is 0 Å². The Kier molecular flexibility index (Phi) is 9.48. The lowest BCUT2D eigenvalue weighted by atomic mass is 9.54. The average molecular weight is 526 g/mol. The topological polar surface area (TPSA) is 98.7 Å². The fourth-order valence-corrected chi connectivity index (χ4v) is 5.98. The Morgan fingerprint density at radius 1 is 0.657 bits per heavy atom. The molecule has 0 aromatic heterocycles. The molecule has 0 saturated heterocycles. The van der Waals surface area contributed by atoms with E-state index in [2.05, 4.69) is 10.6 Å². The van der Waals surface area contributed by atoms with Gasteiger partial charge in [0.15, 0.2) is 0 Å². The SMILES string of the molecule is O=C(O)NC1CCC(C(CC(F)(F)C(F)F)(CC(F)(F)C(F)F)C2CCC(NC(=O)O)CC2)CC1. The van der Waals surface area contributed by atoms with E-state index in [0.29, 0.717) is 0 Å². The van der Waals surface area contributed by atoms with E-state index >= 15 is 0 Å². The first-order chi connectivity index (χ1) is 16.1. The quantitative estimate of drug-likeness (QED) is 0.255. The van der Waals surface area contributed by atoms with Crippen LogP contribution in [0.3, 0.4) is 0 Å². The van der Waals surface area contributed by atoms with E-state index in [9.17, 15) is 44.7 Å². The normalized spacial score (nSPS) is 26.6. The van der Waals surface area contributed by atoms with E-state index in [1.54, 1.807) is 0 Å². The highest BCUT2D eigenvalue weighted by molar-refractivity contribution is 5.65. The largest absolute Gasteiger partial charge is 0.465 e. The van der Waals surface area contributed by atoms with Gasteiger partial charge in [-0.1, -0.05) is 0 Å². The first kappa shape index (κ1) is 29.2. The smallest absolute Gasteiger partial charge is 0.404 e. The highest BCUT2D eigenvalue weighted by atomic mass is 19.3. The van der Waals surface area contributed by atoms with Crippen molar-refractivity contribution in [3.63, 3.8) is 0 Å². The van der Waals surface area contributed by atoms with Crippen LogP contribution in [0.2, 0.25) is 0 Å². The Hall–Kier alpha value is -2.02. The highest BCUT2D eigenvalue weighted by Gasteiger charge is 2.60. The predicted octanol–water partition coefficient (Wildman–Crippen LogP) is 6.21. The minimum Gasteiger partial charge on any atom is -0.465 e. The lowest BCUT2D eigenvalue weighted by molar-refractivity contribution is -0.211. The molecule has 35 heavy (non-hydrogen) atoms. The second kappa shape index (κ2) is 11.4. The number of nitrogens with one attached hydrogen (secondary N) is 2. The minimum absolute atomic E-state index is 0.0507. The maximum absolute atomic E-state index is 14.5. The van der Waals surface area contributed by atoms with E-state index in [1.165, 1.54) is 0 Å². The van der Waals surface area contributed by atoms with Crippen LogP contribution in [0.4, 0.5) is 44.7 Å². The summed E-state index contributed by atoms with van der Waals surface area (Å²) in [5, 5.41) is 22.2. The molecular weight excluding hydrogens is 496 g/mol. The summed E-state index contributed by atoms with van der Waals surface area (Å²) >= 11 is 0. The van der Waals surface area contributed by atoms with Crippen molar-refractivity contribution in [3.05, 3.63) is 0 Å². The summed E-state index contributed by atoms with van der Waals surface area (Å²) in [4.78, 5) is 21.8. The molecular formula is C21H30F8N2O4. The number of hydrogen-bond acceptors (Lipinski definition) is 2. The van der Waals surface area contributed by atoms with E-state index < -0.39 is 79.1 Å². The molecule has 0 heterocycles. The molecule has 4 N–H and O–H groups in total. The van der Waals surface area contributed by atoms with E-state index in [-0.39, 0.29) is 51.4 Å². The molecule has 2 saturated carbocycles. The Morgan fingerprint density at radius 2 is 0.943 bits per heavy atom. The van der Waals surface area contributed by atoms with Crippen molar-refractivity contribution in [2.45, 2.75) is 101 Å². The molecule has 14 heteroatoms. The summed E-state index contributed by atoms with van der Waals surface area (Å²) in [6.07, 6.45) is -14.7. The Labute approximate surface area is 196 Å². The highest BCUT2D eigenvalue weighted by Crippen LogP contribution is 2.59. The molecule has 204 valence electrons. The van der Waals surface area contributed by atoms with Gasteiger partial charge in [-0.2, -0.15) is 0 Å². The summed E-state index contributed by atoms with van der Waals surface area (Å²) < 4.78 is 111. The molecule has 0 atom stereocenters. The van der Waals surface area contributed by atoms with E-state index in [4.69, 9.17) is 10.2 Å². The third kappa shape index (κ3) is 7.48. The van der Waals surface area contributed by atoms with Crippen molar-refractivity contribution in [1.29, 1.82) is 0 Å². The zero-order valence-electron chi connectivity index (χ0n) is 18.8. The van der Waals surface area contributed by atoms with Crippen LogP contribution in [0.1, 0.15) is 64.2 Å². The number of carbonyl (C=O) groups is 2. The van der Waals surface area contributed by atoms with Crippen LogP contribution < -0.4 is 10.6 Å². The zero-order chi connectivity index (χ0) is 26.6.